The molecule has 2 atom stereocenters. The Morgan fingerprint density at radius 1 is 1.67 bits per heavy atom. The van der Waals surface area contributed by atoms with E-state index < -0.39 is 0 Å². The van der Waals surface area contributed by atoms with Crippen LogP contribution in [0.15, 0.2) is 23.8 Å². The highest BCUT2D eigenvalue weighted by Gasteiger charge is 2.37. The second-order valence-electron chi connectivity index (χ2n) is 2.99. The van der Waals surface area contributed by atoms with Gasteiger partial charge < -0.3 is 0 Å². The first-order valence-electron chi connectivity index (χ1n) is 3.79. The molecule has 9 heavy (non-hydrogen) atoms. The minimum absolute atomic E-state index is 0.935. The summed E-state index contributed by atoms with van der Waals surface area (Å²) in [6, 6.07) is 0. The van der Waals surface area contributed by atoms with E-state index in [0.717, 1.165) is 11.8 Å². The number of rotatable bonds is 1. The topological polar surface area (TPSA) is 0 Å². The lowest BCUT2D eigenvalue weighted by molar-refractivity contribution is 0.850. The molecule has 0 N–H and O–H groups in total. The standard InChI is InChI=1S/C9H12/c1-2-7-4-3-5-8-6-9(7)8/h3-5,8-9H,2,6H2,1H3. The normalized spacial score (nSPS) is 37.7. The molecule has 0 aromatic rings. The first-order chi connectivity index (χ1) is 4.42. The molecule has 0 bridgehead atoms. The Morgan fingerprint density at radius 2 is 2.56 bits per heavy atom. The van der Waals surface area contributed by atoms with Gasteiger partial charge in [0.05, 0.1) is 0 Å². The molecule has 2 aliphatic rings. The molecule has 48 valence electrons. The van der Waals surface area contributed by atoms with E-state index in [4.69, 9.17) is 0 Å². The lowest BCUT2D eigenvalue weighted by Gasteiger charge is -2.03. The van der Waals surface area contributed by atoms with Crippen LogP contribution in [0.1, 0.15) is 19.8 Å². The summed E-state index contributed by atoms with van der Waals surface area (Å²) in [6.45, 7) is 2.25. The van der Waals surface area contributed by atoms with Crippen molar-refractivity contribution < 1.29 is 0 Å². The Labute approximate surface area is 56.3 Å². The molecule has 0 heteroatoms. The van der Waals surface area contributed by atoms with E-state index in [9.17, 15) is 0 Å². The van der Waals surface area contributed by atoms with Gasteiger partial charge in [-0.15, -0.1) is 0 Å². The number of hydrogen-bond acceptors (Lipinski definition) is 0. The summed E-state index contributed by atoms with van der Waals surface area (Å²) in [5.74, 6) is 1.89. The van der Waals surface area contributed by atoms with Gasteiger partial charge in [-0.25, -0.2) is 0 Å². The molecule has 0 amide bonds. The Hall–Kier alpha value is -0.520. The minimum Gasteiger partial charge on any atom is -0.0808 e. The fraction of sp³-hybridized carbons (Fsp3) is 0.556. The third-order valence-corrected chi connectivity index (χ3v) is 2.39. The zero-order valence-corrected chi connectivity index (χ0v) is 5.80. The fourth-order valence-electron chi connectivity index (χ4n) is 1.68. The second kappa shape index (κ2) is 1.73. The van der Waals surface area contributed by atoms with E-state index in [2.05, 4.69) is 25.2 Å². The van der Waals surface area contributed by atoms with E-state index in [-0.39, 0.29) is 0 Å². The molecule has 0 nitrogen and oxygen atoms in total. The van der Waals surface area contributed by atoms with Gasteiger partial charge in [0.1, 0.15) is 0 Å². The third kappa shape index (κ3) is 0.735. The monoisotopic (exact) mass is 120 g/mol. The zero-order valence-electron chi connectivity index (χ0n) is 5.80. The molecule has 0 aliphatic heterocycles. The van der Waals surface area contributed by atoms with Gasteiger partial charge >= 0.3 is 0 Å². The summed E-state index contributed by atoms with van der Waals surface area (Å²) in [5, 5.41) is 0. The fourth-order valence-corrected chi connectivity index (χ4v) is 1.68. The number of hydrogen-bond donors (Lipinski definition) is 0. The Bertz CT molecular complexity index is 174. The van der Waals surface area contributed by atoms with Crippen molar-refractivity contribution in [2.75, 3.05) is 0 Å². The van der Waals surface area contributed by atoms with E-state index in [0.29, 0.717) is 0 Å². The van der Waals surface area contributed by atoms with Crippen LogP contribution in [-0.4, -0.2) is 0 Å². The van der Waals surface area contributed by atoms with Crippen LogP contribution in [0.3, 0.4) is 0 Å². The van der Waals surface area contributed by atoms with Crippen LogP contribution >= 0.6 is 0 Å². The highest BCUT2D eigenvalue weighted by Crippen LogP contribution is 2.48. The van der Waals surface area contributed by atoms with Gasteiger partial charge in [0.2, 0.25) is 0 Å². The van der Waals surface area contributed by atoms with E-state index in [1.165, 1.54) is 12.8 Å². The predicted octanol–water partition coefficient (Wildman–Crippen LogP) is 2.53. The molecule has 0 aromatic carbocycles. The molecule has 1 saturated carbocycles. The molecule has 2 rings (SSSR count). The van der Waals surface area contributed by atoms with Gasteiger partial charge in [-0.05, 0) is 24.7 Å². The highest BCUT2D eigenvalue weighted by atomic mass is 14.4. The maximum absolute atomic E-state index is 2.34. The molecular formula is C9H12. The highest BCUT2D eigenvalue weighted by molar-refractivity contribution is 5.29. The van der Waals surface area contributed by atoms with Gasteiger partial charge in [0.25, 0.3) is 0 Å². The maximum Gasteiger partial charge on any atom is -0.0131 e. The predicted molar refractivity (Wildman–Crippen MR) is 39.1 cm³/mol. The van der Waals surface area contributed by atoms with Crippen LogP contribution in [0.4, 0.5) is 0 Å². The second-order valence-corrected chi connectivity index (χ2v) is 2.99. The van der Waals surface area contributed by atoms with Gasteiger partial charge in [-0.1, -0.05) is 30.7 Å². The number of fused-ring (bicyclic) bond motifs is 1. The van der Waals surface area contributed by atoms with Crippen LogP contribution < -0.4 is 0 Å². The van der Waals surface area contributed by atoms with Crippen molar-refractivity contribution in [2.24, 2.45) is 11.8 Å². The molecular weight excluding hydrogens is 108 g/mol. The average Bonchev–Trinajstić information content (AvgIpc) is 2.64. The molecule has 0 saturated heterocycles. The van der Waals surface area contributed by atoms with Crippen LogP contribution in [0.25, 0.3) is 0 Å². The van der Waals surface area contributed by atoms with Gasteiger partial charge in [-0.3, -0.25) is 0 Å². The first kappa shape index (κ1) is 5.28. The van der Waals surface area contributed by atoms with Crippen LogP contribution in [-0.2, 0) is 0 Å². The molecule has 2 aliphatic carbocycles. The summed E-state index contributed by atoms with van der Waals surface area (Å²) >= 11 is 0. The lowest BCUT2D eigenvalue weighted by Crippen LogP contribution is -1.88. The zero-order chi connectivity index (χ0) is 6.27. The quantitative estimate of drug-likeness (QED) is 0.499. The molecule has 0 spiro atoms. The van der Waals surface area contributed by atoms with Crippen LogP contribution in [0, 0.1) is 11.8 Å². The minimum atomic E-state index is 0.935. The van der Waals surface area contributed by atoms with Crippen molar-refractivity contribution in [2.45, 2.75) is 19.8 Å². The van der Waals surface area contributed by atoms with Gasteiger partial charge in [0.15, 0.2) is 0 Å². The van der Waals surface area contributed by atoms with Crippen molar-refractivity contribution in [1.29, 1.82) is 0 Å². The van der Waals surface area contributed by atoms with E-state index in [1.807, 2.05) is 0 Å². The summed E-state index contributed by atoms with van der Waals surface area (Å²) < 4.78 is 0. The van der Waals surface area contributed by atoms with Crippen molar-refractivity contribution in [3.05, 3.63) is 23.8 Å². The molecule has 2 unspecified atom stereocenters. The number of allylic oxidation sites excluding steroid dienone is 4. The first-order valence-corrected chi connectivity index (χ1v) is 3.79. The third-order valence-electron chi connectivity index (χ3n) is 2.39. The maximum atomic E-state index is 2.34. The van der Waals surface area contributed by atoms with Gasteiger partial charge in [-0.2, -0.15) is 0 Å². The van der Waals surface area contributed by atoms with Crippen molar-refractivity contribution >= 4 is 0 Å². The van der Waals surface area contributed by atoms with Crippen molar-refractivity contribution in [1.82, 2.24) is 0 Å². The Balaban J connectivity index is 2.20. The van der Waals surface area contributed by atoms with Crippen LogP contribution in [0.2, 0.25) is 0 Å². The molecule has 0 heterocycles. The lowest BCUT2D eigenvalue weighted by atomic mass is 10.0. The summed E-state index contributed by atoms with van der Waals surface area (Å²) in [5.41, 5.74) is 1.67. The smallest absolute Gasteiger partial charge is 0.0131 e. The van der Waals surface area contributed by atoms with Crippen molar-refractivity contribution in [3.8, 4) is 0 Å². The van der Waals surface area contributed by atoms with E-state index in [1.54, 1.807) is 5.57 Å². The molecule has 0 aromatic heterocycles. The van der Waals surface area contributed by atoms with Crippen LogP contribution in [0.5, 0.6) is 0 Å². The summed E-state index contributed by atoms with van der Waals surface area (Å²) in [4.78, 5) is 0. The SMILES string of the molecule is CCC1=CC=CC2CC12. The summed E-state index contributed by atoms with van der Waals surface area (Å²) in [6.07, 6.45) is 9.52. The van der Waals surface area contributed by atoms with E-state index >= 15 is 0 Å². The molecule has 0 radical (unpaired) electrons. The average molecular weight is 120 g/mol. The Kier molecular flexibility index (Phi) is 1.01. The molecule has 1 fully saturated rings. The largest absolute Gasteiger partial charge is 0.0808 e. The van der Waals surface area contributed by atoms with Crippen molar-refractivity contribution in [3.63, 3.8) is 0 Å². The van der Waals surface area contributed by atoms with Gasteiger partial charge in [0, 0.05) is 0 Å². The Morgan fingerprint density at radius 3 is 3.22 bits per heavy atom. The summed E-state index contributed by atoms with van der Waals surface area (Å²) in [7, 11) is 0.